The summed E-state index contributed by atoms with van der Waals surface area (Å²) in [7, 11) is 0. The zero-order chi connectivity index (χ0) is 13.4. The quantitative estimate of drug-likeness (QED) is 0.739. The van der Waals surface area contributed by atoms with Gasteiger partial charge in [-0.25, -0.2) is 0 Å². The molecule has 1 aliphatic rings. The van der Waals surface area contributed by atoms with Crippen LogP contribution in [0.2, 0.25) is 0 Å². The fraction of sp³-hybridized carbons (Fsp3) is 0.200. The lowest BCUT2D eigenvalue weighted by Crippen LogP contribution is -2.06. The van der Waals surface area contributed by atoms with Gasteiger partial charge >= 0.3 is 0 Å². The van der Waals surface area contributed by atoms with E-state index in [1.54, 1.807) is 0 Å². The highest BCUT2D eigenvalue weighted by molar-refractivity contribution is 5.56. The highest BCUT2D eigenvalue weighted by atomic mass is 16.6. The van der Waals surface area contributed by atoms with E-state index in [0.29, 0.717) is 29.5 Å². The van der Waals surface area contributed by atoms with Crippen LogP contribution in [0.3, 0.4) is 0 Å². The summed E-state index contributed by atoms with van der Waals surface area (Å²) in [5.41, 5.74) is 13.5. The van der Waals surface area contributed by atoms with E-state index >= 15 is 0 Å². The van der Waals surface area contributed by atoms with Crippen LogP contribution in [0.15, 0.2) is 36.4 Å². The van der Waals surface area contributed by atoms with Crippen molar-refractivity contribution >= 4 is 0 Å². The van der Waals surface area contributed by atoms with Gasteiger partial charge in [0.05, 0.1) is 0 Å². The van der Waals surface area contributed by atoms with Gasteiger partial charge in [-0.2, -0.15) is 0 Å². The first kappa shape index (κ1) is 12.0. The highest BCUT2D eigenvalue weighted by Crippen LogP contribution is 2.46. The maximum Gasteiger partial charge on any atom is 0.170 e. The molecule has 0 aromatic heterocycles. The van der Waals surface area contributed by atoms with Crippen LogP contribution in [0.25, 0.3) is 0 Å². The number of rotatable bonds is 2. The first-order valence-corrected chi connectivity index (χ1v) is 6.25. The molecule has 0 saturated carbocycles. The third kappa shape index (κ3) is 2.16. The number of ether oxygens (including phenoxy) is 2. The Labute approximate surface area is 111 Å². The summed E-state index contributed by atoms with van der Waals surface area (Å²) in [6.45, 7) is 2.42. The van der Waals surface area contributed by atoms with Crippen molar-refractivity contribution < 1.29 is 9.47 Å². The predicted octanol–water partition coefficient (Wildman–Crippen LogP) is 3.06. The second-order valence-corrected chi connectivity index (χ2v) is 4.68. The third-order valence-electron chi connectivity index (χ3n) is 3.18. The van der Waals surface area contributed by atoms with Crippen molar-refractivity contribution in [1.29, 1.82) is 0 Å². The fourth-order valence-corrected chi connectivity index (χ4v) is 2.05. The van der Waals surface area contributed by atoms with E-state index in [2.05, 4.69) is 0 Å². The van der Waals surface area contributed by atoms with Crippen molar-refractivity contribution in [3.05, 3.63) is 47.5 Å². The molecule has 19 heavy (non-hydrogen) atoms. The molecule has 0 fully saturated rings. The number of nitrogens with two attached hydrogens (primary N) is 2. The molecular weight excluding hydrogens is 240 g/mol. The minimum atomic E-state index is -0.0325. The summed E-state index contributed by atoms with van der Waals surface area (Å²) in [4.78, 5) is 0. The maximum absolute atomic E-state index is 5.87. The molecule has 0 amide bonds. The van der Waals surface area contributed by atoms with E-state index in [1.165, 1.54) is 0 Å². The third-order valence-corrected chi connectivity index (χ3v) is 3.18. The summed E-state index contributed by atoms with van der Waals surface area (Å²) in [5, 5.41) is 0. The van der Waals surface area contributed by atoms with Gasteiger partial charge < -0.3 is 20.9 Å². The van der Waals surface area contributed by atoms with Gasteiger partial charge in [0.2, 0.25) is 0 Å². The van der Waals surface area contributed by atoms with E-state index < -0.39 is 0 Å². The van der Waals surface area contributed by atoms with Crippen molar-refractivity contribution in [2.45, 2.75) is 19.5 Å². The molecule has 1 heterocycles. The lowest BCUT2D eigenvalue weighted by atomic mass is 10.1. The molecule has 1 unspecified atom stereocenters. The van der Waals surface area contributed by atoms with Crippen LogP contribution >= 0.6 is 0 Å². The minimum absolute atomic E-state index is 0.0325. The second kappa shape index (κ2) is 4.57. The number of hydrogen-bond donors (Lipinski definition) is 2. The molecular formula is C15H16N2O2. The molecule has 4 nitrogen and oxygen atoms in total. The normalized spacial score (nSPS) is 13.8. The topological polar surface area (TPSA) is 70.5 Å². The summed E-state index contributed by atoms with van der Waals surface area (Å²) in [5.74, 6) is 2.80. The average molecular weight is 256 g/mol. The summed E-state index contributed by atoms with van der Waals surface area (Å²) in [6.07, 6.45) is 0. The van der Waals surface area contributed by atoms with E-state index in [-0.39, 0.29) is 6.04 Å². The van der Waals surface area contributed by atoms with Gasteiger partial charge in [-0.15, -0.1) is 0 Å². The number of benzene rings is 2. The molecule has 98 valence electrons. The molecule has 2 aromatic carbocycles. The Balaban J connectivity index is 1.99. The maximum atomic E-state index is 5.87. The molecule has 3 rings (SSSR count). The van der Waals surface area contributed by atoms with Gasteiger partial charge in [0.15, 0.2) is 23.0 Å². The van der Waals surface area contributed by atoms with E-state index in [4.69, 9.17) is 20.9 Å². The van der Waals surface area contributed by atoms with Crippen molar-refractivity contribution in [2.24, 2.45) is 11.5 Å². The predicted molar refractivity (Wildman–Crippen MR) is 73.5 cm³/mol. The Morgan fingerprint density at radius 3 is 2.21 bits per heavy atom. The van der Waals surface area contributed by atoms with Crippen molar-refractivity contribution in [3.63, 3.8) is 0 Å². The first-order chi connectivity index (χ1) is 9.17. The van der Waals surface area contributed by atoms with E-state index in [9.17, 15) is 0 Å². The van der Waals surface area contributed by atoms with Gasteiger partial charge in [0.1, 0.15) is 0 Å². The Morgan fingerprint density at radius 1 is 0.947 bits per heavy atom. The molecule has 0 aliphatic carbocycles. The smallest absolute Gasteiger partial charge is 0.170 e. The largest absolute Gasteiger partial charge is 0.450 e. The van der Waals surface area contributed by atoms with Crippen LogP contribution in [0.4, 0.5) is 0 Å². The molecule has 0 radical (unpaired) electrons. The molecule has 1 aliphatic heterocycles. The summed E-state index contributed by atoms with van der Waals surface area (Å²) in [6, 6.07) is 11.4. The second-order valence-electron chi connectivity index (χ2n) is 4.68. The molecule has 2 aromatic rings. The SMILES string of the molecule is CC(N)c1ccc2c(c1)Oc1ccc(CN)cc1O2. The summed E-state index contributed by atoms with van der Waals surface area (Å²) < 4.78 is 11.7. The Kier molecular flexibility index (Phi) is 2.89. The van der Waals surface area contributed by atoms with Gasteiger partial charge in [-0.1, -0.05) is 12.1 Å². The summed E-state index contributed by atoms with van der Waals surface area (Å²) >= 11 is 0. The van der Waals surface area contributed by atoms with Gasteiger partial charge in [0, 0.05) is 12.6 Å². The lowest BCUT2D eigenvalue weighted by molar-refractivity contribution is 0.358. The Bertz CT molecular complexity index is 624. The van der Waals surface area contributed by atoms with Crippen LogP contribution in [0, 0.1) is 0 Å². The number of fused-ring (bicyclic) bond motifs is 2. The monoisotopic (exact) mass is 256 g/mol. The zero-order valence-electron chi connectivity index (χ0n) is 10.7. The van der Waals surface area contributed by atoms with Crippen molar-refractivity contribution in [2.75, 3.05) is 0 Å². The zero-order valence-corrected chi connectivity index (χ0v) is 10.7. The van der Waals surface area contributed by atoms with Crippen LogP contribution < -0.4 is 20.9 Å². The lowest BCUT2D eigenvalue weighted by Gasteiger charge is -2.22. The number of hydrogen-bond acceptors (Lipinski definition) is 4. The van der Waals surface area contributed by atoms with Crippen molar-refractivity contribution in [1.82, 2.24) is 0 Å². The van der Waals surface area contributed by atoms with E-state index in [0.717, 1.165) is 11.1 Å². The van der Waals surface area contributed by atoms with Gasteiger partial charge in [-0.05, 0) is 42.3 Å². The first-order valence-electron chi connectivity index (χ1n) is 6.25. The molecule has 0 saturated heterocycles. The highest BCUT2D eigenvalue weighted by Gasteiger charge is 2.19. The van der Waals surface area contributed by atoms with Crippen LogP contribution in [0.1, 0.15) is 24.1 Å². The Morgan fingerprint density at radius 2 is 1.58 bits per heavy atom. The standard InChI is InChI=1S/C15H16N2O2/c1-9(17)11-3-5-13-15(7-11)19-12-4-2-10(8-16)6-14(12)18-13/h2-7,9H,8,16-17H2,1H3. The van der Waals surface area contributed by atoms with Crippen molar-refractivity contribution in [3.8, 4) is 23.0 Å². The molecule has 0 spiro atoms. The van der Waals surface area contributed by atoms with Gasteiger partial charge in [0.25, 0.3) is 0 Å². The molecule has 0 bridgehead atoms. The minimum Gasteiger partial charge on any atom is -0.450 e. The van der Waals surface area contributed by atoms with Crippen LogP contribution in [-0.2, 0) is 6.54 Å². The average Bonchev–Trinajstić information content (AvgIpc) is 2.43. The molecule has 1 atom stereocenters. The Hall–Kier alpha value is -2.04. The van der Waals surface area contributed by atoms with Crippen LogP contribution in [-0.4, -0.2) is 0 Å². The molecule has 4 N–H and O–H groups in total. The fourth-order valence-electron chi connectivity index (χ4n) is 2.05. The van der Waals surface area contributed by atoms with Crippen LogP contribution in [0.5, 0.6) is 23.0 Å². The molecule has 4 heteroatoms. The van der Waals surface area contributed by atoms with E-state index in [1.807, 2.05) is 43.3 Å². The van der Waals surface area contributed by atoms with Gasteiger partial charge in [-0.3, -0.25) is 0 Å².